The molecule has 1 aliphatic carbocycles. The summed E-state index contributed by atoms with van der Waals surface area (Å²) in [6, 6.07) is 14.0. The van der Waals surface area contributed by atoms with Gasteiger partial charge in [0.05, 0.1) is 22.6 Å². The Bertz CT molecular complexity index is 1270. The third kappa shape index (κ3) is 5.83. The Morgan fingerprint density at radius 3 is 2.77 bits per heavy atom. The predicted molar refractivity (Wildman–Crippen MR) is 139 cm³/mol. The molecule has 1 aromatic heterocycles. The average Bonchev–Trinajstić information content (AvgIpc) is 3.27. The Kier molecular flexibility index (Phi) is 7.13. The number of hydrogen-bond donors (Lipinski definition) is 1. The molecule has 6 nitrogen and oxygen atoms in total. The number of carbonyl (C=O) groups is 1. The van der Waals surface area contributed by atoms with Crippen molar-refractivity contribution in [3.63, 3.8) is 0 Å². The number of thiazole rings is 1. The molecule has 0 fully saturated rings. The van der Waals surface area contributed by atoms with Gasteiger partial charge in [0.25, 0.3) is 0 Å². The van der Waals surface area contributed by atoms with Crippen molar-refractivity contribution in [2.45, 2.75) is 71.6 Å². The number of fused-ring (bicyclic) bond motifs is 1. The standard InChI is InChI=1S/C28H31N3O3S/c1-17(2)33-24-13-12-18(14-19(24)15-29)26-30-16-25(35-26)22-10-6-9-21-20(22)8-7-11-23(21)31-27(32)34-28(3,4)5/h6,9-10,12-14,16-17,23H,7-8,11H2,1-5H3,(H,31,32)/t23-/m1/s1. The fourth-order valence-electron chi connectivity index (χ4n) is 4.32. The summed E-state index contributed by atoms with van der Waals surface area (Å²) in [4.78, 5) is 18.1. The van der Waals surface area contributed by atoms with Crippen molar-refractivity contribution in [2.24, 2.45) is 0 Å². The Morgan fingerprint density at radius 2 is 2.06 bits per heavy atom. The van der Waals surface area contributed by atoms with Crippen LogP contribution in [0.1, 0.15) is 70.2 Å². The molecule has 1 aliphatic rings. The van der Waals surface area contributed by atoms with Gasteiger partial charge in [0, 0.05) is 11.8 Å². The van der Waals surface area contributed by atoms with E-state index in [1.54, 1.807) is 11.3 Å². The van der Waals surface area contributed by atoms with Crippen LogP contribution in [-0.4, -0.2) is 22.8 Å². The van der Waals surface area contributed by atoms with Crippen molar-refractivity contribution in [2.75, 3.05) is 0 Å². The summed E-state index contributed by atoms with van der Waals surface area (Å²) in [6.07, 6.45) is 4.32. The second-order valence-electron chi connectivity index (χ2n) is 9.98. The van der Waals surface area contributed by atoms with E-state index in [9.17, 15) is 10.1 Å². The van der Waals surface area contributed by atoms with Crippen LogP contribution in [0, 0.1) is 11.3 Å². The number of aromatic nitrogens is 1. The molecule has 1 N–H and O–H groups in total. The summed E-state index contributed by atoms with van der Waals surface area (Å²) in [5.41, 5.74) is 4.38. The van der Waals surface area contributed by atoms with Gasteiger partial charge in [0.1, 0.15) is 22.4 Å². The molecule has 0 radical (unpaired) electrons. The summed E-state index contributed by atoms with van der Waals surface area (Å²) >= 11 is 1.60. The fourth-order valence-corrected chi connectivity index (χ4v) is 5.28. The summed E-state index contributed by atoms with van der Waals surface area (Å²) in [5, 5.41) is 13.5. The molecule has 4 rings (SSSR count). The quantitative estimate of drug-likeness (QED) is 0.415. The maximum atomic E-state index is 12.4. The highest BCUT2D eigenvalue weighted by atomic mass is 32.1. The van der Waals surface area contributed by atoms with Crippen LogP contribution in [-0.2, 0) is 11.2 Å². The zero-order valence-corrected chi connectivity index (χ0v) is 21.7. The number of amides is 1. The van der Waals surface area contributed by atoms with Crippen molar-refractivity contribution in [1.82, 2.24) is 10.3 Å². The molecular formula is C28H31N3O3S. The van der Waals surface area contributed by atoms with Crippen LogP contribution in [0.4, 0.5) is 4.79 Å². The zero-order valence-electron chi connectivity index (χ0n) is 20.8. The Labute approximate surface area is 210 Å². The number of carbonyl (C=O) groups excluding carboxylic acids is 1. The number of ether oxygens (including phenoxy) is 2. The zero-order chi connectivity index (χ0) is 25.2. The third-order valence-corrected chi connectivity index (χ3v) is 6.76. The van der Waals surface area contributed by atoms with Crippen molar-refractivity contribution >= 4 is 17.4 Å². The first-order valence-corrected chi connectivity index (χ1v) is 12.7. The fraction of sp³-hybridized carbons (Fsp3) is 0.393. The molecular weight excluding hydrogens is 458 g/mol. The smallest absolute Gasteiger partial charge is 0.408 e. The molecule has 0 unspecified atom stereocenters. The second-order valence-corrected chi connectivity index (χ2v) is 11.0. The van der Waals surface area contributed by atoms with Gasteiger partial charge in [-0.25, -0.2) is 9.78 Å². The number of hydrogen-bond acceptors (Lipinski definition) is 6. The van der Waals surface area contributed by atoms with Crippen LogP contribution in [0.3, 0.4) is 0 Å². The minimum atomic E-state index is -0.535. The summed E-state index contributed by atoms with van der Waals surface area (Å²) in [6.45, 7) is 9.48. The monoisotopic (exact) mass is 489 g/mol. The minimum Gasteiger partial charge on any atom is -0.490 e. The molecule has 3 aromatic rings. The second kappa shape index (κ2) is 10.1. The third-order valence-electron chi connectivity index (χ3n) is 5.68. The van der Waals surface area contributed by atoms with Crippen LogP contribution in [0.15, 0.2) is 42.6 Å². The van der Waals surface area contributed by atoms with Gasteiger partial charge in [0.2, 0.25) is 0 Å². The van der Waals surface area contributed by atoms with Gasteiger partial charge in [-0.05, 0) is 88.8 Å². The predicted octanol–water partition coefficient (Wildman–Crippen LogP) is 7.04. The lowest BCUT2D eigenvalue weighted by Crippen LogP contribution is -2.36. The molecule has 0 saturated carbocycles. The first-order chi connectivity index (χ1) is 16.6. The summed E-state index contributed by atoms with van der Waals surface area (Å²) < 4.78 is 11.2. The normalized spacial score (nSPS) is 15.3. The number of nitrogens with zero attached hydrogens (tertiary/aromatic N) is 2. The highest BCUT2D eigenvalue weighted by Gasteiger charge is 2.26. The van der Waals surface area contributed by atoms with E-state index in [-0.39, 0.29) is 18.2 Å². The largest absolute Gasteiger partial charge is 0.490 e. The van der Waals surface area contributed by atoms with E-state index in [4.69, 9.17) is 9.47 Å². The van der Waals surface area contributed by atoms with E-state index in [2.05, 4.69) is 28.5 Å². The lowest BCUT2D eigenvalue weighted by Gasteiger charge is -2.29. The Balaban J connectivity index is 1.61. The number of rotatable bonds is 5. The van der Waals surface area contributed by atoms with E-state index >= 15 is 0 Å². The molecule has 1 atom stereocenters. The molecule has 0 saturated heterocycles. The van der Waals surface area contributed by atoms with Crippen molar-refractivity contribution in [3.05, 3.63) is 59.3 Å². The molecule has 35 heavy (non-hydrogen) atoms. The van der Waals surface area contributed by atoms with E-state index in [0.29, 0.717) is 11.3 Å². The van der Waals surface area contributed by atoms with Gasteiger partial charge in [-0.3, -0.25) is 0 Å². The lowest BCUT2D eigenvalue weighted by atomic mass is 9.84. The number of nitrogens with one attached hydrogen (secondary N) is 1. The van der Waals surface area contributed by atoms with Crippen LogP contribution >= 0.6 is 11.3 Å². The van der Waals surface area contributed by atoms with Gasteiger partial charge in [-0.1, -0.05) is 18.2 Å². The van der Waals surface area contributed by atoms with Crippen LogP contribution in [0.2, 0.25) is 0 Å². The van der Waals surface area contributed by atoms with E-state index < -0.39 is 5.60 Å². The summed E-state index contributed by atoms with van der Waals surface area (Å²) in [5.74, 6) is 0.587. The number of alkyl carbamates (subject to hydrolysis) is 1. The highest BCUT2D eigenvalue weighted by molar-refractivity contribution is 7.18. The molecule has 0 bridgehead atoms. The topological polar surface area (TPSA) is 84.2 Å². The maximum absolute atomic E-state index is 12.4. The van der Waals surface area contributed by atoms with Gasteiger partial charge in [0.15, 0.2) is 0 Å². The number of benzene rings is 2. The van der Waals surface area contributed by atoms with E-state index in [0.717, 1.165) is 45.8 Å². The van der Waals surface area contributed by atoms with Crippen LogP contribution < -0.4 is 10.1 Å². The molecule has 182 valence electrons. The summed E-state index contributed by atoms with van der Waals surface area (Å²) in [7, 11) is 0. The first-order valence-electron chi connectivity index (χ1n) is 11.9. The molecule has 0 aliphatic heterocycles. The van der Waals surface area contributed by atoms with Crippen molar-refractivity contribution in [3.8, 4) is 32.8 Å². The average molecular weight is 490 g/mol. The Hall–Kier alpha value is -3.37. The van der Waals surface area contributed by atoms with E-state index in [1.165, 1.54) is 5.56 Å². The molecule has 0 spiro atoms. The van der Waals surface area contributed by atoms with Crippen molar-refractivity contribution < 1.29 is 14.3 Å². The van der Waals surface area contributed by atoms with Gasteiger partial charge >= 0.3 is 6.09 Å². The van der Waals surface area contributed by atoms with Crippen LogP contribution in [0.25, 0.3) is 21.0 Å². The first kappa shape index (κ1) is 24.7. The van der Waals surface area contributed by atoms with Gasteiger partial charge in [-0.15, -0.1) is 11.3 Å². The van der Waals surface area contributed by atoms with Crippen LogP contribution in [0.5, 0.6) is 5.75 Å². The Morgan fingerprint density at radius 1 is 1.26 bits per heavy atom. The van der Waals surface area contributed by atoms with Gasteiger partial charge in [-0.2, -0.15) is 5.26 Å². The lowest BCUT2D eigenvalue weighted by molar-refractivity contribution is 0.0498. The SMILES string of the molecule is CC(C)Oc1ccc(-c2ncc(-c3cccc4c3CCC[C@H]4NC(=O)OC(C)(C)C)s2)cc1C#N. The number of nitriles is 1. The van der Waals surface area contributed by atoms with E-state index in [1.807, 2.05) is 65.1 Å². The van der Waals surface area contributed by atoms with Crippen molar-refractivity contribution in [1.29, 1.82) is 5.26 Å². The molecule has 1 amide bonds. The molecule has 1 heterocycles. The molecule has 7 heteroatoms. The molecule has 2 aromatic carbocycles. The maximum Gasteiger partial charge on any atom is 0.408 e. The highest BCUT2D eigenvalue weighted by Crippen LogP contribution is 2.40. The van der Waals surface area contributed by atoms with Gasteiger partial charge < -0.3 is 14.8 Å². The minimum absolute atomic E-state index is 0.00249.